The Balaban J connectivity index is 1.52. The van der Waals surface area contributed by atoms with E-state index in [2.05, 4.69) is 34.9 Å². The van der Waals surface area contributed by atoms with Gasteiger partial charge in [0.1, 0.15) is 0 Å². The molecule has 1 aromatic rings. The summed E-state index contributed by atoms with van der Waals surface area (Å²) in [5, 5.41) is 0. The summed E-state index contributed by atoms with van der Waals surface area (Å²) in [5.74, 6) is 0. The molecule has 1 saturated heterocycles. The predicted molar refractivity (Wildman–Crippen MR) is 80.5 cm³/mol. The summed E-state index contributed by atoms with van der Waals surface area (Å²) >= 11 is 0. The molecule has 0 aromatic heterocycles. The van der Waals surface area contributed by atoms with E-state index < -0.39 is 0 Å². The van der Waals surface area contributed by atoms with Crippen molar-refractivity contribution in [3.05, 3.63) is 34.9 Å². The topological polar surface area (TPSA) is 6.48 Å². The van der Waals surface area contributed by atoms with Gasteiger partial charge in [-0.2, -0.15) is 0 Å². The fourth-order valence-corrected chi connectivity index (χ4v) is 3.40. The van der Waals surface area contributed by atoms with Gasteiger partial charge in [-0.25, -0.2) is 0 Å². The second kappa shape index (κ2) is 6.06. The molecule has 0 radical (unpaired) electrons. The Morgan fingerprint density at radius 3 is 2.53 bits per heavy atom. The van der Waals surface area contributed by atoms with Gasteiger partial charge < -0.3 is 4.90 Å². The van der Waals surface area contributed by atoms with Gasteiger partial charge in [0.05, 0.1) is 0 Å². The maximum atomic E-state index is 2.65. The maximum Gasteiger partial charge on any atom is 0.0237 e. The summed E-state index contributed by atoms with van der Waals surface area (Å²) in [5.41, 5.74) is 4.53. The zero-order chi connectivity index (χ0) is 13.1. The van der Waals surface area contributed by atoms with Crippen molar-refractivity contribution in [2.45, 2.75) is 39.2 Å². The lowest BCUT2D eigenvalue weighted by molar-refractivity contribution is 0.173. The van der Waals surface area contributed by atoms with Crippen LogP contribution in [0, 0.1) is 6.92 Å². The van der Waals surface area contributed by atoms with Gasteiger partial charge in [-0.05, 0) is 50.4 Å². The van der Waals surface area contributed by atoms with Crippen LogP contribution in [0.15, 0.2) is 18.2 Å². The van der Waals surface area contributed by atoms with Gasteiger partial charge in [0.25, 0.3) is 0 Å². The molecular formula is C17H26N2. The minimum absolute atomic E-state index is 1.16. The standard InChI is InChI=1S/C17H26N2/c1-15-5-6-17-14-19(10-7-16(17)13-15)12-11-18-8-3-2-4-9-18/h5-6,13H,2-4,7-12,14H2,1H3. The highest BCUT2D eigenvalue weighted by Crippen LogP contribution is 2.20. The molecule has 0 spiro atoms. The summed E-state index contributed by atoms with van der Waals surface area (Å²) < 4.78 is 0. The molecule has 2 heteroatoms. The molecule has 104 valence electrons. The Hall–Kier alpha value is -0.860. The molecule has 0 N–H and O–H groups in total. The SMILES string of the molecule is Cc1ccc2c(c1)CCN(CCN1CCCCC1)C2. The first-order valence-corrected chi connectivity index (χ1v) is 7.84. The predicted octanol–water partition coefficient (Wildman–Crippen LogP) is 2.84. The Bertz CT molecular complexity index is 421. The Morgan fingerprint density at radius 1 is 0.895 bits per heavy atom. The lowest BCUT2D eigenvalue weighted by Crippen LogP contribution is -2.39. The molecular weight excluding hydrogens is 232 g/mol. The van der Waals surface area contributed by atoms with Gasteiger partial charge >= 0.3 is 0 Å². The molecule has 2 nitrogen and oxygen atoms in total. The van der Waals surface area contributed by atoms with Gasteiger partial charge in [0, 0.05) is 26.2 Å². The van der Waals surface area contributed by atoms with Crippen molar-refractivity contribution in [1.29, 1.82) is 0 Å². The fourth-order valence-electron chi connectivity index (χ4n) is 3.40. The zero-order valence-electron chi connectivity index (χ0n) is 12.2. The van der Waals surface area contributed by atoms with Gasteiger partial charge in [-0.15, -0.1) is 0 Å². The molecule has 0 aliphatic carbocycles. The van der Waals surface area contributed by atoms with E-state index in [1.165, 1.54) is 64.0 Å². The average Bonchev–Trinajstić information content (AvgIpc) is 2.46. The number of fused-ring (bicyclic) bond motifs is 1. The van der Waals surface area contributed by atoms with Crippen LogP contribution in [0.5, 0.6) is 0 Å². The summed E-state index contributed by atoms with van der Waals surface area (Å²) in [7, 11) is 0. The molecule has 0 atom stereocenters. The van der Waals surface area contributed by atoms with Crippen LogP contribution in [0.4, 0.5) is 0 Å². The molecule has 2 aliphatic heterocycles. The zero-order valence-corrected chi connectivity index (χ0v) is 12.2. The van der Waals surface area contributed by atoms with E-state index in [0.717, 1.165) is 6.54 Å². The average molecular weight is 258 g/mol. The van der Waals surface area contributed by atoms with Crippen molar-refractivity contribution in [3.8, 4) is 0 Å². The highest BCUT2D eigenvalue weighted by molar-refractivity contribution is 5.33. The quantitative estimate of drug-likeness (QED) is 0.822. The highest BCUT2D eigenvalue weighted by atomic mass is 15.2. The Morgan fingerprint density at radius 2 is 1.68 bits per heavy atom. The second-order valence-electron chi connectivity index (χ2n) is 6.20. The first-order valence-electron chi connectivity index (χ1n) is 7.84. The molecule has 2 aliphatic rings. The number of hydrogen-bond acceptors (Lipinski definition) is 2. The van der Waals surface area contributed by atoms with Crippen LogP contribution in [0.25, 0.3) is 0 Å². The van der Waals surface area contributed by atoms with Gasteiger partial charge in [-0.3, -0.25) is 4.90 Å². The van der Waals surface area contributed by atoms with E-state index in [9.17, 15) is 0 Å². The molecule has 0 unspecified atom stereocenters. The third-order valence-electron chi connectivity index (χ3n) is 4.63. The third-order valence-corrected chi connectivity index (χ3v) is 4.63. The lowest BCUT2D eigenvalue weighted by atomic mass is 9.98. The monoisotopic (exact) mass is 258 g/mol. The molecule has 0 amide bonds. The maximum absolute atomic E-state index is 2.65. The van der Waals surface area contributed by atoms with Crippen molar-refractivity contribution in [1.82, 2.24) is 9.80 Å². The number of likely N-dealkylation sites (tertiary alicyclic amines) is 1. The van der Waals surface area contributed by atoms with Gasteiger partial charge in [0.2, 0.25) is 0 Å². The lowest BCUT2D eigenvalue weighted by Gasteiger charge is -2.32. The van der Waals surface area contributed by atoms with Gasteiger partial charge in [-0.1, -0.05) is 30.2 Å². The number of aryl methyl sites for hydroxylation is 1. The summed E-state index contributed by atoms with van der Waals surface area (Å²) in [6.07, 6.45) is 5.48. The van der Waals surface area contributed by atoms with Crippen LogP contribution in [-0.2, 0) is 13.0 Å². The van der Waals surface area contributed by atoms with Crippen molar-refractivity contribution >= 4 is 0 Å². The van der Waals surface area contributed by atoms with Crippen LogP contribution < -0.4 is 0 Å². The molecule has 2 heterocycles. The minimum atomic E-state index is 1.16. The van der Waals surface area contributed by atoms with E-state index in [1.54, 1.807) is 11.1 Å². The number of benzene rings is 1. The second-order valence-corrected chi connectivity index (χ2v) is 6.20. The van der Waals surface area contributed by atoms with Crippen LogP contribution >= 0.6 is 0 Å². The molecule has 0 saturated carbocycles. The normalized spacial score (nSPS) is 21.3. The van der Waals surface area contributed by atoms with Crippen molar-refractivity contribution in [2.24, 2.45) is 0 Å². The largest absolute Gasteiger partial charge is 0.302 e. The molecule has 1 fully saturated rings. The van der Waals surface area contributed by atoms with E-state index in [4.69, 9.17) is 0 Å². The first-order chi connectivity index (χ1) is 9.31. The van der Waals surface area contributed by atoms with Crippen molar-refractivity contribution in [3.63, 3.8) is 0 Å². The molecule has 1 aromatic carbocycles. The van der Waals surface area contributed by atoms with Crippen molar-refractivity contribution < 1.29 is 0 Å². The van der Waals surface area contributed by atoms with Gasteiger partial charge in [0.15, 0.2) is 0 Å². The Labute approximate surface area is 117 Å². The first kappa shape index (κ1) is 13.1. The van der Waals surface area contributed by atoms with Crippen LogP contribution in [0.1, 0.15) is 36.0 Å². The third kappa shape index (κ3) is 3.37. The summed E-state index contributed by atoms with van der Waals surface area (Å²) in [6, 6.07) is 6.96. The van der Waals surface area contributed by atoms with E-state index in [-0.39, 0.29) is 0 Å². The summed E-state index contributed by atoms with van der Waals surface area (Å²) in [6.45, 7) is 9.75. The van der Waals surface area contributed by atoms with Crippen LogP contribution in [-0.4, -0.2) is 42.5 Å². The summed E-state index contributed by atoms with van der Waals surface area (Å²) in [4.78, 5) is 5.28. The van der Waals surface area contributed by atoms with E-state index in [0.29, 0.717) is 0 Å². The molecule has 0 bridgehead atoms. The number of piperidine rings is 1. The van der Waals surface area contributed by atoms with Crippen molar-refractivity contribution in [2.75, 3.05) is 32.7 Å². The Kier molecular flexibility index (Phi) is 4.19. The fraction of sp³-hybridized carbons (Fsp3) is 0.647. The van der Waals surface area contributed by atoms with E-state index >= 15 is 0 Å². The number of hydrogen-bond donors (Lipinski definition) is 0. The number of nitrogens with zero attached hydrogens (tertiary/aromatic N) is 2. The highest BCUT2D eigenvalue weighted by Gasteiger charge is 2.17. The smallest absolute Gasteiger partial charge is 0.0237 e. The number of rotatable bonds is 3. The molecule has 19 heavy (non-hydrogen) atoms. The van der Waals surface area contributed by atoms with Crippen LogP contribution in [0.3, 0.4) is 0 Å². The van der Waals surface area contributed by atoms with E-state index in [1.807, 2.05) is 0 Å². The van der Waals surface area contributed by atoms with Crippen LogP contribution in [0.2, 0.25) is 0 Å². The molecule has 3 rings (SSSR count). The minimum Gasteiger partial charge on any atom is -0.302 e.